The number of para-hydroxylation sites is 2. The van der Waals surface area contributed by atoms with Crippen molar-refractivity contribution in [1.29, 1.82) is 0 Å². The minimum absolute atomic E-state index is 0.0140. The number of halogens is 2. The molecule has 0 saturated heterocycles. The molecule has 4 aromatic rings. The lowest BCUT2D eigenvalue weighted by Crippen LogP contribution is -2.30. The maximum atomic E-state index is 13.5. The van der Waals surface area contributed by atoms with Gasteiger partial charge in [-0.15, -0.1) is 11.8 Å². The van der Waals surface area contributed by atoms with Gasteiger partial charge in [0.25, 0.3) is 11.8 Å². The van der Waals surface area contributed by atoms with Crippen molar-refractivity contribution in [2.75, 3.05) is 17.2 Å². The predicted molar refractivity (Wildman–Crippen MR) is 180 cm³/mol. The number of hydrogen-bond donors (Lipinski definition) is 3. The molecule has 44 heavy (non-hydrogen) atoms. The molecule has 0 aliphatic heterocycles. The van der Waals surface area contributed by atoms with Gasteiger partial charge >= 0.3 is 0 Å². The molecular formula is C34H31Cl2N3O4S. The van der Waals surface area contributed by atoms with Gasteiger partial charge in [-0.2, -0.15) is 0 Å². The van der Waals surface area contributed by atoms with E-state index in [9.17, 15) is 14.4 Å². The van der Waals surface area contributed by atoms with Crippen molar-refractivity contribution in [3.8, 4) is 5.75 Å². The number of benzene rings is 4. The number of carbonyl (C=O) groups excluding carboxylic acids is 3. The van der Waals surface area contributed by atoms with E-state index in [0.717, 1.165) is 4.90 Å². The molecule has 0 fully saturated rings. The van der Waals surface area contributed by atoms with Gasteiger partial charge in [0.2, 0.25) is 5.91 Å². The average Bonchev–Trinajstić information content (AvgIpc) is 3.02. The lowest BCUT2D eigenvalue weighted by molar-refractivity contribution is -0.116. The van der Waals surface area contributed by atoms with Crippen molar-refractivity contribution in [3.05, 3.63) is 124 Å². The van der Waals surface area contributed by atoms with E-state index in [2.05, 4.69) is 16.0 Å². The van der Waals surface area contributed by atoms with Crippen LogP contribution in [0.3, 0.4) is 0 Å². The summed E-state index contributed by atoms with van der Waals surface area (Å²) in [4.78, 5) is 40.4. The van der Waals surface area contributed by atoms with Crippen molar-refractivity contribution in [2.45, 2.75) is 30.4 Å². The first-order valence-corrected chi connectivity index (χ1v) is 15.5. The number of thioether (sulfide) groups is 1. The van der Waals surface area contributed by atoms with E-state index in [0.29, 0.717) is 51.3 Å². The highest BCUT2D eigenvalue weighted by Crippen LogP contribution is 2.31. The number of nitrogens with one attached hydrogen (secondary N) is 3. The number of hydrogen-bond acceptors (Lipinski definition) is 5. The fourth-order valence-electron chi connectivity index (χ4n) is 4.11. The number of ether oxygens (including phenoxy) is 1. The average molecular weight is 649 g/mol. The zero-order chi connectivity index (χ0) is 31.5. The van der Waals surface area contributed by atoms with E-state index in [1.54, 1.807) is 72.8 Å². The second-order valence-corrected chi connectivity index (χ2v) is 11.6. The molecule has 0 heterocycles. The topological polar surface area (TPSA) is 96.5 Å². The lowest BCUT2D eigenvalue weighted by Gasteiger charge is -2.17. The Morgan fingerprint density at radius 3 is 2.34 bits per heavy atom. The lowest BCUT2D eigenvalue weighted by atomic mass is 10.1. The summed E-state index contributed by atoms with van der Waals surface area (Å²) in [6.45, 7) is 4.31. The Morgan fingerprint density at radius 1 is 0.864 bits per heavy atom. The Hall–Kier alpha value is -4.24. The van der Waals surface area contributed by atoms with Crippen molar-refractivity contribution >= 4 is 70.1 Å². The molecule has 0 bridgehead atoms. The van der Waals surface area contributed by atoms with Crippen LogP contribution < -0.4 is 20.7 Å². The second kappa shape index (κ2) is 16.0. The summed E-state index contributed by atoms with van der Waals surface area (Å²) in [6.07, 6.45) is 2.06. The monoisotopic (exact) mass is 647 g/mol. The third kappa shape index (κ3) is 9.13. The summed E-state index contributed by atoms with van der Waals surface area (Å²) in [6, 6.07) is 27.9. The summed E-state index contributed by atoms with van der Waals surface area (Å²) in [7, 11) is 0. The molecule has 0 aromatic heterocycles. The zero-order valence-corrected chi connectivity index (χ0v) is 26.4. The Morgan fingerprint density at radius 2 is 1.61 bits per heavy atom. The van der Waals surface area contributed by atoms with Gasteiger partial charge in [-0.3, -0.25) is 14.4 Å². The first-order chi connectivity index (χ1) is 21.3. The van der Waals surface area contributed by atoms with Crippen molar-refractivity contribution in [3.63, 3.8) is 0 Å². The fraction of sp³-hybridized carbons (Fsp3) is 0.147. The van der Waals surface area contributed by atoms with Gasteiger partial charge < -0.3 is 20.7 Å². The molecule has 0 aliphatic rings. The number of amides is 3. The third-order valence-electron chi connectivity index (χ3n) is 6.27. The van der Waals surface area contributed by atoms with Gasteiger partial charge in [0.15, 0.2) is 0 Å². The Bertz CT molecular complexity index is 1660. The molecule has 0 spiro atoms. The molecule has 226 valence electrons. The first-order valence-electron chi connectivity index (χ1n) is 13.9. The molecule has 3 N–H and O–H groups in total. The van der Waals surface area contributed by atoms with Crippen molar-refractivity contribution < 1.29 is 19.1 Å². The van der Waals surface area contributed by atoms with E-state index >= 15 is 0 Å². The molecule has 4 rings (SSSR count). The first kappa shape index (κ1) is 32.7. The van der Waals surface area contributed by atoms with Gasteiger partial charge in [-0.05, 0) is 79.6 Å². The molecule has 3 amide bonds. The molecule has 1 unspecified atom stereocenters. The van der Waals surface area contributed by atoms with Crippen LogP contribution in [0.2, 0.25) is 10.0 Å². The maximum Gasteiger partial charge on any atom is 0.272 e. The molecule has 0 radical (unpaired) electrons. The summed E-state index contributed by atoms with van der Waals surface area (Å²) >= 11 is 13.8. The van der Waals surface area contributed by atoms with E-state index in [1.807, 2.05) is 38.1 Å². The zero-order valence-electron chi connectivity index (χ0n) is 24.1. The standard InChI is InChI=1S/C34H31Cl2N3O4S/c1-3-31(34(42)38-28-15-8-9-16-30(28)43-4-2)44-26-14-10-13-25(21-26)37-33(41)29(19-23-17-18-24(35)20-27(23)36)39-32(40)22-11-6-5-7-12-22/h5-21,31H,3-4H2,1-2H3,(H,37,41)(H,38,42)(H,39,40)/b29-19+. The number of carbonyl (C=O) groups is 3. The second-order valence-electron chi connectivity index (χ2n) is 9.46. The highest BCUT2D eigenvalue weighted by Gasteiger charge is 2.20. The normalized spacial score (nSPS) is 11.8. The Balaban J connectivity index is 1.52. The van der Waals surface area contributed by atoms with Gasteiger partial charge in [0, 0.05) is 26.2 Å². The predicted octanol–water partition coefficient (Wildman–Crippen LogP) is 8.31. The highest BCUT2D eigenvalue weighted by atomic mass is 35.5. The van der Waals surface area contributed by atoms with E-state index in [4.69, 9.17) is 27.9 Å². The SMILES string of the molecule is CCOc1ccccc1NC(=O)C(CC)Sc1cccc(NC(=O)/C(=C\c2ccc(Cl)cc2Cl)NC(=O)c2ccccc2)c1. The molecule has 10 heteroatoms. The smallest absolute Gasteiger partial charge is 0.272 e. The number of rotatable bonds is 12. The van der Waals surface area contributed by atoms with Gasteiger partial charge in [0.1, 0.15) is 11.4 Å². The van der Waals surface area contributed by atoms with E-state index in [-0.39, 0.29) is 11.6 Å². The van der Waals surface area contributed by atoms with E-state index < -0.39 is 17.1 Å². The van der Waals surface area contributed by atoms with Crippen LogP contribution in [0.4, 0.5) is 11.4 Å². The van der Waals surface area contributed by atoms with Crippen LogP contribution in [0.1, 0.15) is 36.2 Å². The molecule has 0 aliphatic carbocycles. The molecule has 4 aromatic carbocycles. The molecular weight excluding hydrogens is 617 g/mol. The van der Waals surface area contributed by atoms with E-state index in [1.165, 1.54) is 17.8 Å². The Kier molecular flexibility index (Phi) is 11.9. The van der Waals surface area contributed by atoms with Gasteiger partial charge in [0.05, 0.1) is 17.5 Å². The maximum absolute atomic E-state index is 13.5. The minimum Gasteiger partial charge on any atom is -0.492 e. The van der Waals surface area contributed by atoms with Crippen LogP contribution >= 0.6 is 35.0 Å². The molecule has 7 nitrogen and oxygen atoms in total. The van der Waals surface area contributed by atoms with Crippen LogP contribution in [0.5, 0.6) is 5.75 Å². The largest absolute Gasteiger partial charge is 0.492 e. The molecule has 0 saturated carbocycles. The van der Waals surface area contributed by atoms with Crippen LogP contribution in [0.15, 0.2) is 108 Å². The van der Waals surface area contributed by atoms with Gasteiger partial charge in [-0.25, -0.2) is 0 Å². The Labute approximate surface area is 271 Å². The summed E-state index contributed by atoms with van der Waals surface area (Å²) in [5.41, 5.74) is 1.97. The quantitative estimate of drug-likeness (QED) is 0.106. The molecule has 1 atom stereocenters. The van der Waals surface area contributed by atoms with Crippen LogP contribution in [0.25, 0.3) is 6.08 Å². The fourth-order valence-corrected chi connectivity index (χ4v) is 5.59. The van der Waals surface area contributed by atoms with Crippen LogP contribution in [0, 0.1) is 0 Å². The third-order valence-corrected chi connectivity index (χ3v) is 8.19. The summed E-state index contributed by atoms with van der Waals surface area (Å²) < 4.78 is 5.63. The highest BCUT2D eigenvalue weighted by molar-refractivity contribution is 8.00. The van der Waals surface area contributed by atoms with Gasteiger partial charge in [-0.1, -0.05) is 72.6 Å². The summed E-state index contributed by atoms with van der Waals surface area (Å²) in [5.74, 6) is -0.562. The van der Waals surface area contributed by atoms with Crippen LogP contribution in [-0.4, -0.2) is 29.6 Å². The number of anilines is 2. The minimum atomic E-state index is -0.556. The van der Waals surface area contributed by atoms with Crippen molar-refractivity contribution in [2.24, 2.45) is 0 Å². The summed E-state index contributed by atoms with van der Waals surface area (Å²) in [5, 5.41) is 8.89. The van der Waals surface area contributed by atoms with Crippen molar-refractivity contribution in [1.82, 2.24) is 5.32 Å². The van der Waals surface area contributed by atoms with Crippen LogP contribution in [-0.2, 0) is 9.59 Å².